The third kappa shape index (κ3) is 5.52. The third-order valence-electron chi connectivity index (χ3n) is 5.52. The molecule has 1 aliphatic heterocycles. The van der Waals surface area contributed by atoms with E-state index in [9.17, 15) is 9.59 Å². The molecule has 1 amide bonds. The predicted octanol–water partition coefficient (Wildman–Crippen LogP) is 1.73. The summed E-state index contributed by atoms with van der Waals surface area (Å²) < 4.78 is 12.6. The zero-order valence-corrected chi connectivity index (χ0v) is 18.3. The zero-order valence-electron chi connectivity index (χ0n) is 18.3. The number of aryl methyl sites for hydroxylation is 1. The molecule has 0 saturated carbocycles. The van der Waals surface area contributed by atoms with E-state index in [1.54, 1.807) is 25.1 Å². The summed E-state index contributed by atoms with van der Waals surface area (Å²) in [6, 6.07) is 14.8. The van der Waals surface area contributed by atoms with Crippen molar-refractivity contribution in [3.63, 3.8) is 0 Å². The van der Waals surface area contributed by atoms with E-state index in [1.807, 2.05) is 30.3 Å². The van der Waals surface area contributed by atoms with Gasteiger partial charge in [-0.15, -0.1) is 0 Å². The molecule has 8 nitrogen and oxygen atoms in total. The molecule has 0 spiro atoms. The van der Waals surface area contributed by atoms with Gasteiger partial charge in [-0.2, -0.15) is 0 Å². The Balaban J connectivity index is 1.31. The number of nitrogens with one attached hydrogen (secondary N) is 1. The molecule has 3 aromatic rings. The van der Waals surface area contributed by atoms with Crippen molar-refractivity contribution in [1.29, 1.82) is 0 Å². The van der Waals surface area contributed by atoms with Crippen molar-refractivity contribution in [3.05, 3.63) is 70.3 Å². The average molecular weight is 437 g/mol. The topological polar surface area (TPSA) is 85.7 Å². The fourth-order valence-electron chi connectivity index (χ4n) is 3.73. The highest BCUT2D eigenvalue weighted by Crippen LogP contribution is 2.13. The van der Waals surface area contributed by atoms with Crippen molar-refractivity contribution in [1.82, 2.24) is 19.8 Å². The van der Waals surface area contributed by atoms with Gasteiger partial charge >= 0.3 is 0 Å². The minimum Gasteiger partial charge on any atom is -0.492 e. The van der Waals surface area contributed by atoms with Gasteiger partial charge < -0.3 is 14.8 Å². The molecule has 0 unspecified atom stereocenters. The molecule has 8 heteroatoms. The highest BCUT2D eigenvalue weighted by Gasteiger charge is 2.12. The third-order valence-corrected chi connectivity index (χ3v) is 5.52. The van der Waals surface area contributed by atoms with E-state index in [0.717, 1.165) is 44.2 Å². The summed E-state index contributed by atoms with van der Waals surface area (Å²) in [5.74, 6) is 1.04. The Labute approximate surface area is 186 Å². The van der Waals surface area contributed by atoms with Crippen molar-refractivity contribution in [3.8, 4) is 5.75 Å². The molecule has 0 radical (unpaired) electrons. The molecule has 2 heterocycles. The first-order chi connectivity index (χ1) is 15.6. The van der Waals surface area contributed by atoms with Crippen LogP contribution in [0.25, 0.3) is 10.9 Å². The number of rotatable bonds is 8. The maximum absolute atomic E-state index is 12.7. The summed E-state index contributed by atoms with van der Waals surface area (Å²) in [4.78, 5) is 32.0. The molecule has 1 saturated heterocycles. The second kappa shape index (κ2) is 10.4. The molecular formula is C24H28N4O4. The predicted molar refractivity (Wildman–Crippen MR) is 122 cm³/mol. The van der Waals surface area contributed by atoms with Crippen molar-refractivity contribution in [2.45, 2.75) is 20.0 Å². The Bertz CT molecular complexity index is 1140. The van der Waals surface area contributed by atoms with E-state index in [0.29, 0.717) is 29.9 Å². The van der Waals surface area contributed by atoms with Crippen LogP contribution in [0.4, 0.5) is 0 Å². The summed E-state index contributed by atoms with van der Waals surface area (Å²) in [6.45, 7) is 6.90. The highest BCUT2D eigenvalue weighted by molar-refractivity contribution is 5.79. The van der Waals surface area contributed by atoms with E-state index >= 15 is 0 Å². The first-order valence-corrected chi connectivity index (χ1v) is 10.8. The largest absolute Gasteiger partial charge is 0.492 e. The van der Waals surface area contributed by atoms with Crippen molar-refractivity contribution in [2.24, 2.45) is 0 Å². The number of morpholine rings is 1. The number of benzene rings is 2. The number of hydrogen-bond acceptors (Lipinski definition) is 6. The van der Waals surface area contributed by atoms with Crippen LogP contribution in [0, 0.1) is 6.92 Å². The van der Waals surface area contributed by atoms with Crippen molar-refractivity contribution in [2.75, 3.05) is 39.5 Å². The van der Waals surface area contributed by atoms with Crippen molar-refractivity contribution < 1.29 is 14.3 Å². The summed E-state index contributed by atoms with van der Waals surface area (Å²) >= 11 is 0. The molecule has 1 fully saturated rings. The number of para-hydroxylation sites is 1. The lowest BCUT2D eigenvalue weighted by atomic mass is 10.2. The van der Waals surface area contributed by atoms with E-state index in [2.05, 4.69) is 15.2 Å². The average Bonchev–Trinajstić information content (AvgIpc) is 2.81. The lowest BCUT2D eigenvalue weighted by molar-refractivity contribution is -0.121. The molecule has 2 aromatic carbocycles. The number of fused-ring (bicyclic) bond motifs is 1. The van der Waals surface area contributed by atoms with Gasteiger partial charge in [0.05, 0.1) is 24.1 Å². The number of amides is 1. The monoisotopic (exact) mass is 436 g/mol. The van der Waals surface area contributed by atoms with Gasteiger partial charge in [0.2, 0.25) is 5.91 Å². The van der Waals surface area contributed by atoms with Crippen LogP contribution in [-0.4, -0.2) is 59.8 Å². The molecule has 1 N–H and O–H groups in total. The lowest BCUT2D eigenvalue weighted by Gasteiger charge is -2.26. The summed E-state index contributed by atoms with van der Waals surface area (Å²) in [7, 11) is 0. The van der Waals surface area contributed by atoms with E-state index in [1.165, 1.54) is 4.57 Å². The summed E-state index contributed by atoms with van der Waals surface area (Å²) in [5.41, 5.74) is 1.36. The lowest BCUT2D eigenvalue weighted by Crippen LogP contribution is -2.38. The minimum absolute atomic E-state index is 0.0712. The smallest absolute Gasteiger partial charge is 0.261 e. The molecule has 1 aliphatic rings. The van der Waals surface area contributed by atoms with Gasteiger partial charge in [0.25, 0.3) is 5.56 Å². The normalized spacial score (nSPS) is 14.4. The number of aromatic nitrogens is 2. The SMILES string of the molecule is Cc1nc2ccccc2c(=O)n1CC(=O)NCc1cccc(OCCN2CCOCC2)c1. The fourth-order valence-corrected chi connectivity index (χ4v) is 3.73. The Kier molecular flexibility index (Phi) is 7.14. The highest BCUT2D eigenvalue weighted by atomic mass is 16.5. The molecule has 4 rings (SSSR count). The van der Waals surface area contributed by atoms with E-state index in [-0.39, 0.29) is 18.0 Å². The van der Waals surface area contributed by atoms with Crippen LogP contribution < -0.4 is 15.6 Å². The molecule has 0 atom stereocenters. The quantitative estimate of drug-likeness (QED) is 0.579. The summed E-state index contributed by atoms with van der Waals surface area (Å²) in [5, 5.41) is 3.39. The second-order valence-electron chi connectivity index (χ2n) is 7.79. The van der Waals surface area contributed by atoms with Crippen LogP contribution in [0.15, 0.2) is 53.3 Å². The summed E-state index contributed by atoms with van der Waals surface area (Å²) in [6.07, 6.45) is 0. The van der Waals surface area contributed by atoms with Crippen LogP contribution in [0.5, 0.6) is 5.75 Å². The number of carbonyl (C=O) groups excluding carboxylic acids is 1. The molecular weight excluding hydrogens is 408 g/mol. The molecule has 0 bridgehead atoms. The maximum atomic E-state index is 12.7. The maximum Gasteiger partial charge on any atom is 0.261 e. The number of carbonyl (C=O) groups is 1. The van der Waals surface area contributed by atoms with Gasteiger partial charge in [0.1, 0.15) is 24.7 Å². The Morgan fingerprint density at radius 1 is 1.16 bits per heavy atom. The van der Waals surface area contributed by atoms with Crippen LogP contribution in [0.1, 0.15) is 11.4 Å². The standard InChI is InChI=1S/C24H28N4O4/c1-18-26-22-8-3-2-7-21(22)24(30)28(18)17-23(29)25-16-19-5-4-6-20(15-19)32-14-11-27-9-12-31-13-10-27/h2-8,15H,9-14,16-17H2,1H3,(H,25,29). The van der Waals surface area contributed by atoms with E-state index in [4.69, 9.17) is 9.47 Å². The Hall–Kier alpha value is -3.23. The molecule has 0 aliphatic carbocycles. The van der Waals surface area contributed by atoms with Gasteiger partial charge in [0, 0.05) is 26.2 Å². The Morgan fingerprint density at radius 2 is 1.97 bits per heavy atom. The van der Waals surface area contributed by atoms with Crippen LogP contribution >= 0.6 is 0 Å². The van der Waals surface area contributed by atoms with Crippen LogP contribution in [-0.2, 0) is 22.6 Å². The van der Waals surface area contributed by atoms with Crippen LogP contribution in [0.3, 0.4) is 0 Å². The van der Waals surface area contributed by atoms with Gasteiger partial charge in [-0.1, -0.05) is 24.3 Å². The number of hydrogen-bond donors (Lipinski definition) is 1. The van der Waals surface area contributed by atoms with Crippen LogP contribution in [0.2, 0.25) is 0 Å². The minimum atomic E-state index is -0.245. The number of nitrogens with zero attached hydrogens (tertiary/aromatic N) is 3. The second-order valence-corrected chi connectivity index (χ2v) is 7.79. The van der Waals surface area contributed by atoms with Gasteiger partial charge in [-0.05, 0) is 36.8 Å². The Morgan fingerprint density at radius 3 is 2.81 bits per heavy atom. The van der Waals surface area contributed by atoms with Gasteiger partial charge in [0.15, 0.2) is 0 Å². The van der Waals surface area contributed by atoms with Gasteiger partial charge in [-0.25, -0.2) is 4.98 Å². The zero-order chi connectivity index (χ0) is 22.3. The van der Waals surface area contributed by atoms with Crippen molar-refractivity contribution >= 4 is 16.8 Å². The van der Waals surface area contributed by atoms with Gasteiger partial charge in [-0.3, -0.25) is 19.1 Å². The molecule has 32 heavy (non-hydrogen) atoms. The first-order valence-electron chi connectivity index (χ1n) is 10.8. The first kappa shape index (κ1) is 22.0. The fraction of sp³-hybridized carbons (Fsp3) is 0.375. The number of ether oxygens (including phenoxy) is 2. The van der Waals surface area contributed by atoms with E-state index < -0.39 is 0 Å². The molecule has 1 aromatic heterocycles. The molecule has 168 valence electrons.